The first kappa shape index (κ1) is 22.4. The number of nitrogens with one attached hydrogen (secondary N) is 1. The first-order chi connectivity index (χ1) is 16.4. The van der Waals surface area contributed by atoms with Crippen LogP contribution in [0, 0.1) is 5.92 Å². The summed E-state index contributed by atoms with van der Waals surface area (Å²) in [7, 11) is 0. The molecule has 1 saturated carbocycles. The second kappa shape index (κ2) is 8.78. The van der Waals surface area contributed by atoms with Crippen molar-refractivity contribution in [1.29, 1.82) is 0 Å². The van der Waals surface area contributed by atoms with Crippen molar-refractivity contribution >= 4 is 18.0 Å². The fraction of sp³-hybridized carbons (Fsp3) is 0.444. The summed E-state index contributed by atoms with van der Waals surface area (Å²) in [5.74, 6) is -1.60. The summed E-state index contributed by atoms with van der Waals surface area (Å²) >= 11 is 0. The van der Waals surface area contributed by atoms with Crippen LogP contribution in [0.2, 0.25) is 0 Å². The number of carboxylic acids is 1. The Morgan fingerprint density at radius 3 is 2.32 bits per heavy atom. The van der Waals surface area contributed by atoms with Crippen molar-refractivity contribution in [3.05, 3.63) is 59.7 Å². The Balaban J connectivity index is 1.24. The Morgan fingerprint density at radius 2 is 1.68 bits per heavy atom. The Bertz CT molecular complexity index is 1090. The molecule has 2 unspecified atom stereocenters. The molecule has 1 aliphatic heterocycles. The third kappa shape index (κ3) is 3.73. The van der Waals surface area contributed by atoms with Crippen molar-refractivity contribution < 1.29 is 24.2 Å². The number of alkyl carbamates (subject to hydrolysis) is 1. The van der Waals surface area contributed by atoms with Gasteiger partial charge < -0.3 is 20.1 Å². The van der Waals surface area contributed by atoms with Gasteiger partial charge in [-0.15, -0.1) is 0 Å². The quantitative estimate of drug-likeness (QED) is 0.696. The van der Waals surface area contributed by atoms with Crippen molar-refractivity contribution in [2.45, 2.75) is 56.5 Å². The summed E-state index contributed by atoms with van der Waals surface area (Å²) in [5, 5.41) is 12.6. The van der Waals surface area contributed by atoms with Crippen LogP contribution in [-0.2, 0) is 14.3 Å². The second-order valence-corrected chi connectivity index (χ2v) is 9.79. The van der Waals surface area contributed by atoms with Gasteiger partial charge in [0.15, 0.2) is 0 Å². The van der Waals surface area contributed by atoms with Crippen LogP contribution >= 0.6 is 0 Å². The van der Waals surface area contributed by atoms with E-state index in [1.54, 1.807) is 6.92 Å². The van der Waals surface area contributed by atoms with Gasteiger partial charge in [-0.05, 0) is 54.9 Å². The van der Waals surface area contributed by atoms with Gasteiger partial charge in [0.25, 0.3) is 0 Å². The first-order valence-corrected chi connectivity index (χ1v) is 12.1. The molecule has 7 heteroatoms. The predicted octanol–water partition coefficient (Wildman–Crippen LogP) is 4.16. The SMILES string of the molecule is C[C@@]1(C(=O)O)CCCN1C(=O)C1CCCC1NC(=O)OCC1c2ccccc2-c2ccccc21. The van der Waals surface area contributed by atoms with Crippen LogP contribution < -0.4 is 5.32 Å². The second-order valence-electron chi connectivity index (χ2n) is 9.79. The van der Waals surface area contributed by atoms with Gasteiger partial charge in [0.2, 0.25) is 5.91 Å². The van der Waals surface area contributed by atoms with Crippen LogP contribution in [0.15, 0.2) is 48.5 Å². The van der Waals surface area contributed by atoms with Gasteiger partial charge in [0.1, 0.15) is 12.1 Å². The highest BCUT2D eigenvalue weighted by Gasteiger charge is 2.49. The van der Waals surface area contributed by atoms with Crippen LogP contribution in [0.3, 0.4) is 0 Å². The smallest absolute Gasteiger partial charge is 0.407 e. The molecule has 0 radical (unpaired) electrons. The van der Waals surface area contributed by atoms with E-state index in [1.807, 2.05) is 24.3 Å². The molecule has 2 fully saturated rings. The van der Waals surface area contributed by atoms with E-state index in [0.717, 1.165) is 17.5 Å². The molecule has 5 rings (SSSR count). The number of benzene rings is 2. The summed E-state index contributed by atoms with van der Waals surface area (Å²) in [6, 6.07) is 16.0. The third-order valence-electron chi connectivity index (χ3n) is 7.85. The molecule has 0 spiro atoms. The standard InChI is InChI=1S/C27H30N2O5/c1-27(25(31)32)14-7-15-29(27)24(30)21-12-6-13-23(21)28-26(33)34-16-22-19-10-4-2-8-17(19)18-9-3-5-11-20(18)22/h2-5,8-11,21-23H,6-7,12-16H2,1H3,(H,28,33)(H,31,32)/t21?,23?,27-/m0/s1. The zero-order chi connectivity index (χ0) is 23.9. The number of likely N-dealkylation sites (tertiary alicyclic amines) is 1. The zero-order valence-corrected chi connectivity index (χ0v) is 19.3. The van der Waals surface area contributed by atoms with Gasteiger partial charge in [-0.2, -0.15) is 0 Å². The fourth-order valence-electron chi connectivity index (χ4n) is 5.96. The van der Waals surface area contributed by atoms with E-state index in [-0.39, 0.29) is 24.5 Å². The number of carbonyl (C=O) groups is 3. The number of nitrogens with zero attached hydrogens (tertiary/aromatic N) is 1. The molecule has 2 aromatic rings. The van der Waals surface area contributed by atoms with E-state index >= 15 is 0 Å². The highest BCUT2D eigenvalue weighted by Crippen LogP contribution is 2.44. The zero-order valence-electron chi connectivity index (χ0n) is 19.3. The molecule has 2 N–H and O–H groups in total. The summed E-state index contributed by atoms with van der Waals surface area (Å²) in [4.78, 5) is 39.3. The maximum absolute atomic E-state index is 13.3. The molecular formula is C27H30N2O5. The number of hydrogen-bond donors (Lipinski definition) is 2. The minimum Gasteiger partial charge on any atom is -0.480 e. The molecule has 3 aliphatic rings. The lowest BCUT2D eigenvalue weighted by Gasteiger charge is -2.34. The average molecular weight is 463 g/mol. The Kier molecular flexibility index (Phi) is 5.80. The Labute approximate surface area is 199 Å². The van der Waals surface area contributed by atoms with Crippen LogP contribution in [0.4, 0.5) is 4.79 Å². The number of hydrogen-bond acceptors (Lipinski definition) is 4. The monoisotopic (exact) mass is 462 g/mol. The molecular weight excluding hydrogens is 432 g/mol. The van der Waals surface area contributed by atoms with E-state index < -0.39 is 23.5 Å². The summed E-state index contributed by atoms with van der Waals surface area (Å²) in [6.07, 6.45) is 2.71. The largest absolute Gasteiger partial charge is 0.480 e. The number of amides is 2. The lowest BCUT2D eigenvalue weighted by molar-refractivity contribution is -0.157. The highest BCUT2D eigenvalue weighted by atomic mass is 16.5. The van der Waals surface area contributed by atoms with Crippen molar-refractivity contribution in [3.63, 3.8) is 0 Å². The molecule has 2 aliphatic carbocycles. The normalized spacial score (nSPS) is 25.6. The van der Waals surface area contributed by atoms with Crippen molar-refractivity contribution in [2.24, 2.45) is 5.92 Å². The van der Waals surface area contributed by atoms with Gasteiger partial charge in [-0.3, -0.25) is 4.79 Å². The van der Waals surface area contributed by atoms with E-state index in [4.69, 9.17) is 4.74 Å². The number of carbonyl (C=O) groups excluding carboxylic acids is 2. The molecule has 3 atom stereocenters. The molecule has 178 valence electrons. The van der Waals surface area contributed by atoms with E-state index in [2.05, 4.69) is 29.6 Å². The van der Waals surface area contributed by atoms with Crippen molar-refractivity contribution in [2.75, 3.05) is 13.2 Å². The lowest BCUT2D eigenvalue weighted by Crippen LogP contribution is -2.54. The minimum atomic E-state index is -1.17. The topological polar surface area (TPSA) is 95.9 Å². The van der Waals surface area contributed by atoms with Crippen molar-refractivity contribution in [1.82, 2.24) is 10.2 Å². The number of aliphatic carboxylic acids is 1. The average Bonchev–Trinajstić information content (AvgIpc) is 3.54. The van der Waals surface area contributed by atoms with E-state index in [9.17, 15) is 19.5 Å². The van der Waals surface area contributed by atoms with Gasteiger partial charge in [0, 0.05) is 18.5 Å². The van der Waals surface area contributed by atoms with Gasteiger partial charge in [0.05, 0.1) is 5.92 Å². The van der Waals surface area contributed by atoms with Gasteiger partial charge >= 0.3 is 12.1 Å². The number of ether oxygens (including phenoxy) is 1. The summed E-state index contributed by atoms with van der Waals surface area (Å²) in [6.45, 7) is 2.27. The molecule has 2 aromatic carbocycles. The van der Waals surface area contributed by atoms with Crippen LogP contribution in [0.5, 0.6) is 0 Å². The maximum atomic E-state index is 13.3. The molecule has 7 nitrogen and oxygen atoms in total. The highest BCUT2D eigenvalue weighted by molar-refractivity contribution is 5.89. The first-order valence-electron chi connectivity index (χ1n) is 12.1. The molecule has 34 heavy (non-hydrogen) atoms. The van der Waals surface area contributed by atoms with E-state index in [1.165, 1.54) is 16.0 Å². The lowest BCUT2D eigenvalue weighted by atomic mass is 9.95. The Hall–Kier alpha value is -3.35. The predicted molar refractivity (Wildman–Crippen MR) is 126 cm³/mol. The van der Waals surface area contributed by atoms with Crippen LogP contribution in [0.25, 0.3) is 11.1 Å². The summed E-state index contributed by atoms with van der Waals surface area (Å²) in [5.41, 5.74) is 3.45. The number of carboxylic acid groups (broad SMARTS) is 1. The van der Waals surface area contributed by atoms with Gasteiger partial charge in [-0.1, -0.05) is 55.0 Å². The summed E-state index contributed by atoms with van der Waals surface area (Å²) < 4.78 is 5.67. The number of rotatable bonds is 5. The molecule has 2 amide bonds. The third-order valence-corrected chi connectivity index (χ3v) is 7.85. The minimum absolute atomic E-state index is 0.0277. The van der Waals surface area contributed by atoms with Crippen molar-refractivity contribution in [3.8, 4) is 11.1 Å². The molecule has 0 bridgehead atoms. The van der Waals surface area contributed by atoms with Crippen LogP contribution in [-0.4, -0.2) is 52.7 Å². The fourth-order valence-corrected chi connectivity index (χ4v) is 5.96. The van der Waals surface area contributed by atoms with Gasteiger partial charge in [-0.25, -0.2) is 9.59 Å². The Morgan fingerprint density at radius 1 is 1.03 bits per heavy atom. The van der Waals surface area contributed by atoms with Crippen LogP contribution in [0.1, 0.15) is 56.1 Å². The molecule has 0 aromatic heterocycles. The number of fused-ring (bicyclic) bond motifs is 3. The molecule has 1 heterocycles. The maximum Gasteiger partial charge on any atom is 0.407 e. The van der Waals surface area contributed by atoms with E-state index in [0.29, 0.717) is 32.2 Å². The molecule has 1 saturated heterocycles.